The Labute approximate surface area is 214 Å². The number of esters is 3. The number of hydrogen-bond acceptors (Lipinski definition) is 8. The lowest BCUT2D eigenvalue weighted by molar-refractivity contribution is -0.170. The SMILES string of the molecule is CCOC(=O)C1=C(C(=O)OCC)[C@@](C(=O)OC)(c2ccc3ccccc3c2)O[C@H]1c1ccc(OC)cc1. The molecule has 8 nitrogen and oxygen atoms in total. The summed E-state index contributed by atoms with van der Waals surface area (Å²) < 4.78 is 27.6. The first kappa shape index (κ1) is 25.9. The third-order valence-corrected chi connectivity index (χ3v) is 6.20. The number of benzene rings is 3. The molecular weight excluding hydrogens is 476 g/mol. The van der Waals surface area contributed by atoms with Gasteiger partial charge < -0.3 is 23.7 Å². The van der Waals surface area contributed by atoms with Gasteiger partial charge in [0.15, 0.2) is 0 Å². The first-order valence-corrected chi connectivity index (χ1v) is 11.9. The van der Waals surface area contributed by atoms with Crippen LogP contribution < -0.4 is 4.74 Å². The van der Waals surface area contributed by atoms with E-state index < -0.39 is 29.6 Å². The van der Waals surface area contributed by atoms with E-state index in [0.29, 0.717) is 16.9 Å². The second-order valence-corrected chi connectivity index (χ2v) is 8.24. The van der Waals surface area contributed by atoms with Gasteiger partial charge in [-0.1, -0.05) is 48.5 Å². The molecule has 0 radical (unpaired) electrons. The fourth-order valence-electron chi connectivity index (χ4n) is 4.54. The van der Waals surface area contributed by atoms with Gasteiger partial charge in [-0.05, 0) is 48.4 Å². The number of ether oxygens (including phenoxy) is 5. The van der Waals surface area contributed by atoms with Gasteiger partial charge in [0.05, 0.1) is 38.6 Å². The summed E-state index contributed by atoms with van der Waals surface area (Å²) in [6.45, 7) is 3.35. The van der Waals surface area contributed by atoms with Crippen LogP contribution >= 0.6 is 0 Å². The van der Waals surface area contributed by atoms with E-state index in [1.165, 1.54) is 14.2 Å². The topological polar surface area (TPSA) is 97.4 Å². The van der Waals surface area contributed by atoms with Crippen molar-refractivity contribution in [2.24, 2.45) is 0 Å². The van der Waals surface area contributed by atoms with Crippen molar-refractivity contribution < 1.29 is 38.1 Å². The van der Waals surface area contributed by atoms with Crippen molar-refractivity contribution in [3.8, 4) is 5.75 Å². The molecule has 8 heteroatoms. The summed E-state index contributed by atoms with van der Waals surface area (Å²) in [5, 5.41) is 1.73. The lowest BCUT2D eigenvalue weighted by atomic mass is 9.83. The Morgan fingerprint density at radius 3 is 2.11 bits per heavy atom. The van der Waals surface area contributed by atoms with Crippen LogP contribution in [0.2, 0.25) is 0 Å². The molecule has 1 aliphatic rings. The second kappa shape index (κ2) is 10.8. The molecule has 0 aromatic heterocycles. The van der Waals surface area contributed by atoms with Gasteiger partial charge in [-0.2, -0.15) is 0 Å². The van der Waals surface area contributed by atoms with Gasteiger partial charge in [0.1, 0.15) is 11.9 Å². The van der Waals surface area contributed by atoms with Crippen molar-refractivity contribution in [1.29, 1.82) is 0 Å². The highest BCUT2D eigenvalue weighted by Crippen LogP contribution is 2.52. The van der Waals surface area contributed by atoms with Crippen LogP contribution in [0.15, 0.2) is 77.9 Å². The van der Waals surface area contributed by atoms with Crippen molar-refractivity contribution in [3.63, 3.8) is 0 Å². The van der Waals surface area contributed by atoms with E-state index in [-0.39, 0.29) is 24.4 Å². The summed E-state index contributed by atoms with van der Waals surface area (Å²) in [6.07, 6.45) is -1.13. The normalized spacial score (nSPS) is 19.0. The maximum atomic E-state index is 13.6. The number of rotatable bonds is 8. The summed E-state index contributed by atoms with van der Waals surface area (Å²) in [5.74, 6) is -1.95. The highest BCUT2D eigenvalue weighted by atomic mass is 16.6. The second-order valence-electron chi connectivity index (χ2n) is 8.24. The Kier molecular flexibility index (Phi) is 7.59. The van der Waals surface area contributed by atoms with E-state index in [2.05, 4.69) is 0 Å². The highest BCUT2D eigenvalue weighted by Gasteiger charge is 2.60. The molecule has 4 rings (SSSR count). The summed E-state index contributed by atoms with van der Waals surface area (Å²) in [6, 6.07) is 19.6. The minimum atomic E-state index is -2.09. The average Bonchev–Trinajstić information content (AvgIpc) is 3.30. The molecule has 2 atom stereocenters. The van der Waals surface area contributed by atoms with E-state index in [9.17, 15) is 14.4 Å². The number of methoxy groups -OCH3 is 2. The Bertz CT molecular complexity index is 1360. The van der Waals surface area contributed by atoms with Gasteiger partial charge in [0.2, 0.25) is 5.60 Å². The molecule has 3 aromatic rings. The number of carbonyl (C=O) groups excluding carboxylic acids is 3. The Balaban J connectivity index is 2.05. The summed E-state index contributed by atoms with van der Waals surface area (Å²) in [7, 11) is 2.73. The lowest BCUT2D eigenvalue weighted by Crippen LogP contribution is -2.42. The molecule has 0 saturated heterocycles. The number of fused-ring (bicyclic) bond motifs is 1. The molecule has 0 spiro atoms. The van der Waals surface area contributed by atoms with Crippen molar-refractivity contribution in [3.05, 3.63) is 89.0 Å². The zero-order chi connectivity index (χ0) is 26.6. The van der Waals surface area contributed by atoms with E-state index in [4.69, 9.17) is 23.7 Å². The first-order chi connectivity index (χ1) is 17.9. The Morgan fingerprint density at radius 2 is 1.49 bits per heavy atom. The van der Waals surface area contributed by atoms with Crippen LogP contribution in [0.4, 0.5) is 0 Å². The Hall–Kier alpha value is -4.17. The van der Waals surface area contributed by atoms with Gasteiger partial charge in [-0.25, -0.2) is 14.4 Å². The highest BCUT2D eigenvalue weighted by molar-refractivity contribution is 6.09. The summed E-state index contributed by atoms with van der Waals surface area (Å²) in [5.41, 5.74) is -1.64. The van der Waals surface area contributed by atoms with Gasteiger partial charge in [0.25, 0.3) is 0 Å². The number of hydrogen-bond donors (Lipinski definition) is 0. The quantitative estimate of drug-likeness (QED) is 0.329. The maximum Gasteiger partial charge on any atom is 0.347 e. The van der Waals surface area contributed by atoms with E-state index in [1.807, 2.05) is 30.3 Å². The minimum absolute atomic E-state index is 0.0145. The molecule has 37 heavy (non-hydrogen) atoms. The molecule has 0 unspecified atom stereocenters. The summed E-state index contributed by atoms with van der Waals surface area (Å²) >= 11 is 0. The van der Waals surface area contributed by atoms with Gasteiger partial charge in [-0.3, -0.25) is 0 Å². The Morgan fingerprint density at radius 1 is 0.838 bits per heavy atom. The van der Waals surface area contributed by atoms with Crippen LogP contribution in [0.1, 0.15) is 31.1 Å². The standard InChI is InChI=1S/C29H28O8/c1-5-35-26(30)23-24(27(31)36-6-2)29(28(32)34-4,21-14-11-18-9-7-8-10-20(18)17-21)37-25(23)19-12-15-22(33-3)16-13-19/h7-17,25H,5-6H2,1-4H3/t25-,29+/m0/s1. The van der Waals surface area contributed by atoms with Crippen molar-refractivity contribution in [2.75, 3.05) is 27.4 Å². The molecule has 0 fully saturated rings. The fourth-order valence-corrected chi connectivity index (χ4v) is 4.54. The predicted octanol–water partition coefficient (Wildman–Crippen LogP) is 4.41. The molecule has 0 saturated carbocycles. The number of carbonyl (C=O) groups is 3. The molecule has 0 N–H and O–H groups in total. The van der Waals surface area contributed by atoms with Crippen molar-refractivity contribution >= 4 is 28.7 Å². The first-order valence-electron chi connectivity index (χ1n) is 11.9. The van der Waals surface area contributed by atoms with Crippen molar-refractivity contribution in [1.82, 2.24) is 0 Å². The molecule has 1 aliphatic heterocycles. The molecular formula is C29H28O8. The fraction of sp³-hybridized carbons (Fsp3) is 0.276. The van der Waals surface area contributed by atoms with Crippen LogP contribution in [0.3, 0.4) is 0 Å². The smallest absolute Gasteiger partial charge is 0.347 e. The zero-order valence-electron chi connectivity index (χ0n) is 21.1. The predicted molar refractivity (Wildman–Crippen MR) is 135 cm³/mol. The minimum Gasteiger partial charge on any atom is -0.497 e. The lowest BCUT2D eigenvalue weighted by Gasteiger charge is -2.30. The molecule has 3 aromatic carbocycles. The zero-order valence-corrected chi connectivity index (χ0v) is 21.1. The van der Waals surface area contributed by atoms with E-state index in [1.54, 1.807) is 50.2 Å². The van der Waals surface area contributed by atoms with Gasteiger partial charge in [-0.15, -0.1) is 0 Å². The molecule has 192 valence electrons. The third-order valence-electron chi connectivity index (χ3n) is 6.20. The van der Waals surface area contributed by atoms with Crippen LogP contribution in [-0.4, -0.2) is 45.3 Å². The third kappa shape index (κ3) is 4.56. The van der Waals surface area contributed by atoms with Gasteiger partial charge >= 0.3 is 17.9 Å². The molecule has 1 heterocycles. The maximum absolute atomic E-state index is 13.6. The molecule has 0 aliphatic carbocycles. The largest absolute Gasteiger partial charge is 0.497 e. The monoisotopic (exact) mass is 504 g/mol. The average molecular weight is 505 g/mol. The van der Waals surface area contributed by atoms with Gasteiger partial charge in [0, 0.05) is 5.56 Å². The molecule has 0 amide bonds. The summed E-state index contributed by atoms with van der Waals surface area (Å²) in [4.78, 5) is 40.5. The van der Waals surface area contributed by atoms with E-state index >= 15 is 0 Å². The molecule has 0 bridgehead atoms. The van der Waals surface area contributed by atoms with Crippen LogP contribution in [0.5, 0.6) is 5.75 Å². The van der Waals surface area contributed by atoms with Crippen LogP contribution in [0, 0.1) is 0 Å². The van der Waals surface area contributed by atoms with Crippen LogP contribution in [0.25, 0.3) is 10.8 Å². The van der Waals surface area contributed by atoms with Crippen molar-refractivity contribution in [2.45, 2.75) is 25.6 Å². The van der Waals surface area contributed by atoms with E-state index in [0.717, 1.165) is 10.8 Å². The van der Waals surface area contributed by atoms with Crippen LogP contribution in [-0.2, 0) is 38.9 Å².